The fourth-order valence-electron chi connectivity index (χ4n) is 2.97. The highest BCUT2D eigenvalue weighted by molar-refractivity contribution is 5.63. The van der Waals surface area contributed by atoms with E-state index in [0.717, 1.165) is 0 Å². The third kappa shape index (κ3) is 3.97. The van der Waals surface area contributed by atoms with Gasteiger partial charge in [0.05, 0.1) is 30.4 Å². The van der Waals surface area contributed by atoms with Gasteiger partial charge in [-0.25, -0.2) is 4.39 Å². The number of nitrogens with zero attached hydrogens (tertiary/aromatic N) is 3. The Balaban J connectivity index is 1.61. The smallest absolute Gasteiger partial charge is 0.258 e. The summed E-state index contributed by atoms with van der Waals surface area (Å²) in [5, 5.41) is 13.2. The monoisotopic (exact) mass is 395 g/mol. The van der Waals surface area contributed by atoms with Crippen molar-refractivity contribution >= 4 is 0 Å². The first-order valence-electron chi connectivity index (χ1n) is 9.13. The number of hydrogen-bond donors (Lipinski definition) is 0. The molecule has 1 aromatic heterocycles. The van der Waals surface area contributed by atoms with Crippen LogP contribution in [0.25, 0.3) is 22.8 Å². The van der Waals surface area contributed by atoms with Gasteiger partial charge in [0.25, 0.3) is 5.89 Å². The van der Waals surface area contributed by atoms with Crippen molar-refractivity contribution in [2.75, 3.05) is 13.2 Å². The molecule has 1 saturated heterocycles. The van der Waals surface area contributed by atoms with Gasteiger partial charge in [-0.15, -0.1) is 0 Å². The Morgan fingerprint density at radius 3 is 2.66 bits per heavy atom. The lowest BCUT2D eigenvalue weighted by Gasteiger charge is -2.11. The fourth-order valence-corrected chi connectivity index (χ4v) is 2.97. The second kappa shape index (κ2) is 7.99. The molecule has 29 heavy (non-hydrogen) atoms. The molecular formula is C21H18FN3O4. The molecule has 8 heteroatoms. The van der Waals surface area contributed by atoms with Crippen molar-refractivity contribution in [1.82, 2.24) is 10.1 Å². The number of hydrogen-bond acceptors (Lipinski definition) is 7. The van der Waals surface area contributed by atoms with Crippen LogP contribution in [0.2, 0.25) is 0 Å². The number of nitriles is 1. The van der Waals surface area contributed by atoms with E-state index in [0.29, 0.717) is 35.7 Å². The van der Waals surface area contributed by atoms with Crippen LogP contribution >= 0.6 is 0 Å². The van der Waals surface area contributed by atoms with E-state index in [4.69, 9.17) is 18.7 Å². The second-order valence-corrected chi connectivity index (χ2v) is 6.73. The average Bonchev–Trinajstić information content (AvgIpc) is 3.40. The molecule has 0 spiro atoms. The molecule has 148 valence electrons. The molecule has 0 aliphatic carbocycles. The second-order valence-electron chi connectivity index (χ2n) is 6.73. The zero-order valence-corrected chi connectivity index (χ0v) is 15.9. The molecule has 0 saturated carbocycles. The van der Waals surface area contributed by atoms with Gasteiger partial charge in [0.1, 0.15) is 17.6 Å². The Bertz CT molecular complexity index is 1070. The first-order chi connectivity index (χ1) is 14.0. The molecule has 3 aromatic rings. The molecule has 7 nitrogen and oxygen atoms in total. The van der Waals surface area contributed by atoms with Crippen molar-refractivity contribution in [2.24, 2.45) is 0 Å². The van der Waals surface area contributed by atoms with Gasteiger partial charge < -0.3 is 18.7 Å². The lowest BCUT2D eigenvalue weighted by atomic mass is 10.1. The van der Waals surface area contributed by atoms with Crippen molar-refractivity contribution < 1.29 is 23.1 Å². The van der Waals surface area contributed by atoms with Crippen molar-refractivity contribution in [3.63, 3.8) is 0 Å². The standard InChI is InChI=1S/C21H18FN3O4/c1-12(2)28-18-6-4-13(9-15(18)11-23)20-24-19(25-29-20)16-5-3-14(10-17(16)22)21-26-7-8-27-21/h3-6,9-10,12,21H,7-8H2,1-2H3. The SMILES string of the molecule is CC(C)Oc1ccc(-c2nc(-c3ccc(C4OCCO4)cc3F)no2)cc1C#N. The van der Waals surface area contributed by atoms with Crippen molar-refractivity contribution in [3.8, 4) is 34.7 Å². The first-order valence-corrected chi connectivity index (χ1v) is 9.13. The van der Waals surface area contributed by atoms with E-state index in [2.05, 4.69) is 16.2 Å². The van der Waals surface area contributed by atoms with Gasteiger partial charge in [-0.05, 0) is 44.2 Å². The number of aromatic nitrogens is 2. The van der Waals surface area contributed by atoms with Gasteiger partial charge in [0.15, 0.2) is 6.29 Å². The van der Waals surface area contributed by atoms with E-state index in [-0.39, 0.29) is 23.4 Å². The number of rotatable bonds is 5. The average molecular weight is 395 g/mol. The van der Waals surface area contributed by atoms with Crippen LogP contribution in [0.4, 0.5) is 4.39 Å². The zero-order chi connectivity index (χ0) is 20.4. The molecule has 0 unspecified atom stereocenters. The zero-order valence-electron chi connectivity index (χ0n) is 15.9. The Hall–Kier alpha value is -3.28. The summed E-state index contributed by atoms with van der Waals surface area (Å²) in [6, 6.07) is 11.7. The molecule has 0 bridgehead atoms. The van der Waals surface area contributed by atoms with Gasteiger partial charge in [0.2, 0.25) is 5.82 Å². The topological polar surface area (TPSA) is 90.4 Å². The van der Waals surface area contributed by atoms with E-state index < -0.39 is 12.1 Å². The van der Waals surface area contributed by atoms with E-state index in [1.54, 1.807) is 30.3 Å². The maximum absolute atomic E-state index is 14.6. The lowest BCUT2D eigenvalue weighted by molar-refractivity contribution is -0.0442. The number of halogens is 1. The maximum Gasteiger partial charge on any atom is 0.258 e. The van der Waals surface area contributed by atoms with Crippen LogP contribution < -0.4 is 4.74 Å². The summed E-state index contributed by atoms with van der Waals surface area (Å²) in [7, 11) is 0. The highest BCUT2D eigenvalue weighted by atomic mass is 19.1. The molecule has 4 rings (SSSR count). The Morgan fingerprint density at radius 2 is 1.97 bits per heavy atom. The summed E-state index contributed by atoms with van der Waals surface area (Å²) >= 11 is 0. The summed E-state index contributed by atoms with van der Waals surface area (Å²) in [6.07, 6.45) is -0.621. The molecule has 1 aliphatic heterocycles. The van der Waals surface area contributed by atoms with E-state index in [9.17, 15) is 9.65 Å². The highest BCUT2D eigenvalue weighted by Gasteiger charge is 2.21. The number of ether oxygens (including phenoxy) is 3. The predicted octanol–water partition coefficient (Wildman–Crippen LogP) is 4.25. The van der Waals surface area contributed by atoms with E-state index in [1.165, 1.54) is 6.07 Å². The lowest BCUT2D eigenvalue weighted by Crippen LogP contribution is -2.06. The summed E-state index contributed by atoms with van der Waals surface area (Å²) in [5.41, 5.74) is 1.68. The van der Waals surface area contributed by atoms with Crippen LogP contribution in [0.3, 0.4) is 0 Å². The Morgan fingerprint density at radius 1 is 1.17 bits per heavy atom. The van der Waals surface area contributed by atoms with Crippen molar-refractivity contribution in [3.05, 3.63) is 53.3 Å². The van der Waals surface area contributed by atoms with Gasteiger partial charge in [-0.2, -0.15) is 10.2 Å². The minimum atomic E-state index is -0.560. The fraction of sp³-hybridized carbons (Fsp3) is 0.286. The van der Waals surface area contributed by atoms with Crippen LogP contribution in [0.5, 0.6) is 5.75 Å². The van der Waals surface area contributed by atoms with E-state index >= 15 is 0 Å². The van der Waals surface area contributed by atoms with Gasteiger partial charge in [-0.3, -0.25) is 0 Å². The minimum absolute atomic E-state index is 0.0612. The molecule has 2 heterocycles. The third-order valence-corrected chi connectivity index (χ3v) is 4.26. The molecule has 1 fully saturated rings. The summed E-state index contributed by atoms with van der Waals surface area (Å²) in [6.45, 7) is 4.72. The molecule has 0 N–H and O–H groups in total. The predicted molar refractivity (Wildman–Crippen MR) is 100 cm³/mol. The van der Waals surface area contributed by atoms with Crippen LogP contribution in [-0.2, 0) is 9.47 Å². The Labute approximate surface area is 166 Å². The molecule has 0 amide bonds. The third-order valence-electron chi connectivity index (χ3n) is 4.26. The van der Waals surface area contributed by atoms with Crippen molar-refractivity contribution in [2.45, 2.75) is 26.2 Å². The number of benzene rings is 2. The van der Waals surface area contributed by atoms with Gasteiger partial charge in [-0.1, -0.05) is 11.2 Å². The van der Waals surface area contributed by atoms with Crippen LogP contribution in [0.1, 0.15) is 31.3 Å². The van der Waals surface area contributed by atoms with Crippen LogP contribution in [0.15, 0.2) is 40.9 Å². The summed E-state index contributed by atoms with van der Waals surface area (Å²) in [4.78, 5) is 4.27. The maximum atomic E-state index is 14.6. The largest absolute Gasteiger partial charge is 0.490 e. The van der Waals surface area contributed by atoms with E-state index in [1.807, 2.05) is 13.8 Å². The molecular weight excluding hydrogens is 377 g/mol. The van der Waals surface area contributed by atoms with Crippen LogP contribution in [0, 0.1) is 17.1 Å². The quantitative estimate of drug-likeness (QED) is 0.638. The Kier molecular flexibility index (Phi) is 5.25. The molecule has 0 radical (unpaired) electrons. The van der Waals surface area contributed by atoms with Crippen LogP contribution in [-0.4, -0.2) is 29.5 Å². The molecule has 1 aliphatic rings. The first kappa shape index (κ1) is 19.1. The van der Waals surface area contributed by atoms with Gasteiger partial charge >= 0.3 is 0 Å². The summed E-state index contributed by atoms with van der Waals surface area (Å²) in [5.74, 6) is 0.258. The molecule has 0 atom stereocenters. The normalized spacial score (nSPS) is 14.3. The molecule has 2 aromatic carbocycles. The van der Waals surface area contributed by atoms with Crippen molar-refractivity contribution in [1.29, 1.82) is 5.26 Å². The minimum Gasteiger partial charge on any atom is -0.490 e. The highest BCUT2D eigenvalue weighted by Crippen LogP contribution is 2.30. The van der Waals surface area contributed by atoms with Gasteiger partial charge in [0, 0.05) is 11.1 Å². The summed E-state index contributed by atoms with van der Waals surface area (Å²) < 4.78 is 36.3.